The molecule has 0 bridgehead atoms. The summed E-state index contributed by atoms with van der Waals surface area (Å²) in [6, 6.07) is 12.4. The van der Waals surface area contributed by atoms with Crippen molar-refractivity contribution in [3.8, 4) is 22.8 Å². The molecule has 0 spiro atoms. The van der Waals surface area contributed by atoms with Crippen LogP contribution in [0.25, 0.3) is 23.0 Å². The molecule has 0 radical (unpaired) electrons. The first-order valence-corrected chi connectivity index (χ1v) is 16.0. The van der Waals surface area contributed by atoms with Crippen molar-refractivity contribution in [2.75, 3.05) is 26.8 Å². The Morgan fingerprint density at radius 3 is 2.58 bits per heavy atom. The summed E-state index contributed by atoms with van der Waals surface area (Å²) in [4.78, 5) is 33.7. The third-order valence-electron chi connectivity index (χ3n) is 9.87. The largest absolute Gasteiger partial charge is 0.496 e. The number of carbonyl (C=O) groups excluding carboxylic acids is 2. The van der Waals surface area contributed by atoms with Crippen molar-refractivity contribution in [2.45, 2.75) is 63.3 Å². The van der Waals surface area contributed by atoms with E-state index in [0.29, 0.717) is 65.4 Å². The first kappa shape index (κ1) is 29.3. The number of nitrogens with zero attached hydrogens (tertiary/aromatic N) is 2. The molecule has 234 valence electrons. The standard InChI is InChI=1S/C36H39FN4O4/c1-20-18-41(26-10-11-26)19-24-14-23(15-31(44-2)32(20)24)36(43)39-17-29(21-4-3-5-21)30-16-28-27(35(38)42)12-13-45-34(28)33(40-30)22-6-8-25(37)9-7-22/h6-9,14-16,19,21,26-27,29H,3-5,10-13,17-18H2,1-2H3,(H2,38,42)(H,39,43)/t27-,29+/m1/s1. The summed E-state index contributed by atoms with van der Waals surface area (Å²) in [7, 11) is 1.65. The minimum atomic E-state index is -0.513. The number of benzene rings is 2. The fourth-order valence-electron chi connectivity index (χ4n) is 7.07. The van der Waals surface area contributed by atoms with Gasteiger partial charge in [0.25, 0.3) is 5.91 Å². The lowest BCUT2D eigenvalue weighted by molar-refractivity contribution is -0.120. The van der Waals surface area contributed by atoms with Gasteiger partial charge in [0, 0.05) is 64.1 Å². The zero-order valence-corrected chi connectivity index (χ0v) is 25.8. The maximum Gasteiger partial charge on any atom is 0.251 e. The van der Waals surface area contributed by atoms with Gasteiger partial charge in [0.15, 0.2) is 0 Å². The lowest BCUT2D eigenvalue weighted by Crippen LogP contribution is -2.41. The number of aromatic nitrogens is 1. The van der Waals surface area contributed by atoms with E-state index < -0.39 is 11.8 Å². The molecule has 4 aliphatic rings. The molecular weight excluding hydrogens is 571 g/mol. The summed E-state index contributed by atoms with van der Waals surface area (Å²) in [5, 5.41) is 5.27. The van der Waals surface area contributed by atoms with E-state index in [4.69, 9.17) is 20.2 Å². The van der Waals surface area contributed by atoms with E-state index in [1.807, 2.05) is 18.2 Å². The average molecular weight is 611 g/mol. The van der Waals surface area contributed by atoms with E-state index in [0.717, 1.165) is 41.9 Å². The summed E-state index contributed by atoms with van der Waals surface area (Å²) < 4.78 is 25.7. The van der Waals surface area contributed by atoms with Crippen LogP contribution in [0.5, 0.6) is 11.5 Å². The van der Waals surface area contributed by atoms with Gasteiger partial charge in [0.1, 0.15) is 23.0 Å². The van der Waals surface area contributed by atoms with Gasteiger partial charge in [-0.1, -0.05) is 6.42 Å². The minimum absolute atomic E-state index is 0.0883. The highest BCUT2D eigenvalue weighted by molar-refractivity contribution is 5.95. The second kappa shape index (κ2) is 11.8. The zero-order valence-electron chi connectivity index (χ0n) is 25.8. The quantitative estimate of drug-likeness (QED) is 0.380. The first-order chi connectivity index (χ1) is 21.8. The molecule has 7 rings (SSSR count). The molecular formula is C36H39FN4O4. The Hall–Kier alpha value is -4.40. The minimum Gasteiger partial charge on any atom is -0.496 e. The topological polar surface area (TPSA) is 107 Å². The number of rotatable bonds is 9. The van der Waals surface area contributed by atoms with Gasteiger partial charge in [-0.15, -0.1) is 0 Å². The molecule has 2 atom stereocenters. The molecule has 8 nitrogen and oxygen atoms in total. The molecule has 3 heterocycles. The molecule has 45 heavy (non-hydrogen) atoms. The van der Waals surface area contributed by atoms with Crippen LogP contribution in [-0.2, 0) is 4.79 Å². The lowest BCUT2D eigenvalue weighted by Gasteiger charge is -2.35. The van der Waals surface area contributed by atoms with E-state index in [1.54, 1.807) is 19.2 Å². The highest BCUT2D eigenvalue weighted by Crippen LogP contribution is 2.45. The van der Waals surface area contributed by atoms with Crippen molar-refractivity contribution < 1.29 is 23.5 Å². The number of ether oxygens (including phenoxy) is 2. The van der Waals surface area contributed by atoms with Crippen LogP contribution in [0.15, 0.2) is 42.5 Å². The van der Waals surface area contributed by atoms with Crippen molar-refractivity contribution in [1.29, 1.82) is 0 Å². The van der Waals surface area contributed by atoms with Crippen molar-refractivity contribution in [1.82, 2.24) is 15.2 Å². The molecule has 2 fully saturated rings. The third-order valence-corrected chi connectivity index (χ3v) is 9.87. The van der Waals surface area contributed by atoms with Crippen LogP contribution in [0, 0.1) is 11.7 Å². The van der Waals surface area contributed by atoms with Gasteiger partial charge in [0.05, 0.1) is 19.6 Å². The predicted molar refractivity (Wildman–Crippen MR) is 170 cm³/mol. The van der Waals surface area contributed by atoms with Gasteiger partial charge in [-0.25, -0.2) is 9.37 Å². The number of hydrogen-bond acceptors (Lipinski definition) is 6. The zero-order chi connectivity index (χ0) is 31.2. The second-order valence-electron chi connectivity index (χ2n) is 12.9. The molecule has 2 amide bonds. The fourth-order valence-corrected chi connectivity index (χ4v) is 7.07. The van der Waals surface area contributed by atoms with Crippen molar-refractivity contribution in [3.63, 3.8) is 0 Å². The Morgan fingerprint density at radius 2 is 1.91 bits per heavy atom. The van der Waals surface area contributed by atoms with Crippen LogP contribution >= 0.6 is 0 Å². The van der Waals surface area contributed by atoms with Gasteiger partial charge >= 0.3 is 0 Å². The number of halogens is 1. The van der Waals surface area contributed by atoms with Gasteiger partial charge in [-0.05, 0) is 93.0 Å². The van der Waals surface area contributed by atoms with Gasteiger partial charge in [-0.3, -0.25) is 9.59 Å². The number of nitrogens with one attached hydrogen (secondary N) is 1. The van der Waals surface area contributed by atoms with Crippen molar-refractivity contribution in [2.24, 2.45) is 11.7 Å². The summed E-state index contributed by atoms with van der Waals surface area (Å²) in [6.07, 6.45) is 8.20. The molecule has 1 aromatic heterocycles. The maximum absolute atomic E-state index is 13.8. The number of methoxy groups -OCH3 is 1. The second-order valence-corrected chi connectivity index (χ2v) is 12.9. The highest BCUT2D eigenvalue weighted by Gasteiger charge is 2.35. The molecule has 3 aromatic rings. The number of carbonyl (C=O) groups is 2. The van der Waals surface area contributed by atoms with Crippen LogP contribution in [0.1, 0.15) is 78.9 Å². The Bertz CT molecular complexity index is 1780. The monoisotopic (exact) mass is 610 g/mol. The van der Waals surface area contributed by atoms with Crippen molar-refractivity contribution in [3.05, 3.63) is 75.5 Å². The molecule has 2 saturated carbocycles. The molecule has 0 unspecified atom stereocenters. The van der Waals surface area contributed by atoms with Crippen molar-refractivity contribution >= 4 is 23.6 Å². The average Bonchev–Trinajstić information content (AvgIpc) is 3.86. The van der Waals surface area contributed by atoms with Crippen LogP contribution in [0.2, 0.25) is 0 Å². The smallest absolute Gasteiger partial charge is 0.251 e. The summed E-state index contributed by atoms with van der Waals surface area (Å²) >= 11 is 0. The number of nitrogens with two attached hydrogens (primary N) is 1. The molecule has 2 aliphatic carbocycles. The predicted octanol–water partition coefficient (Wildman–Crippen LogP) is 3.95. The lowest BCUT2D eigenvalue weighted by atomic mass is 9.73. The Kier molecular flexibility index (Phi) is 7.71. The molecule has 2 aliphatic heterocycles. The summed E-state index contributed by atoms with van der Waals surface area (Å²) in [6.45, 7) is 3.72. The molecule has 3 N–H and O–H groups in total. The van der Waals surface area contributed by atoms with E-state index in [9.17, 15) is 14.0 Å². The van der Waals surface area contributed by atoms with Crippen LogP contribution in [0.4, 0.5) is 4.39 Å². The van der Waals surface area contributed by atoms with Crippen LogP contribution < -0.4 is 31.0 Å². The van der Waals surface area contributed by atoms with E-state index in [1.165, 1.54) is 30.5 Å². The Morgan fingerprint density at radius 1 is 1.13 bits per heavy atom. The number of hydrogen-bond donors (Lipinski definition) is 2. The normalized spacial score (nSPS) is 19.8. The molecule has 2 aromatic carbocycles. The SMILES string of the molecule is COc1cc(C(=O)NC[C@H](c2cc3c(c(-c4ccc(F)cc4)n2)OCC[C@H]3C(N)=O)C2CCC2)cc2c1=C(C)CN(C1CC1)C=2. The van der Waals surface area contributed by atoms with E-state index >= 15 is 0 Å². The maximum atomic E-state index is 13.8. The van der Waals surface area contributed by atoms with Gasteiger partial charge in [-0.2, -0.15) is 0 Å². The van der Waals surface area contributed by atoms with Crippen LogP contribution in [-0.4, -0.2) is 54.5 Å². The Labute approximate surface area is 262 Å². The fraction of sp³-hybridized carbons (Fsp3) is 0.417. The van der Waals surface area contributed by atoms with Gasteiger partial charge in [0.2, 0.25) is 5.91 Å². The number of amides is 2. The number of fused-ring (bicyclic) bond motifs is 2. The van der Waals surface area contributed by atoms with Crippen LogP contribution in [0.3, 0.4) is 0 Å². The first-order valence-electron chi connectivity index (χ1n) is 16.0. The van der Waals surface area contributed by atoms with E-state index in [2.05, 4.69) is 23.3 Å². The molecule has 0 saturated heterocycles. The Balaban J connectivity index is 1.23. The number of pyridine rings is 1. The highest BCUT2D eigenvalue weighted by atomic mass is 19.1. The van der Waals surface area contributed by atoms with Gasteiger partial charge < -0.3 is 25.4 Å². The third kappa shape index (κ3) is 5.64. The molecule has 9 heteroatoms. The number of primary amides is 1. The summed E-state index contributed by atoms with van der Waals surface area (Å²) in [5.74, 6) is 0.00214. The summed E-state index contributed by atoms with van der Waals surface area (Å²) in [5.41, 5.74) is 10.4. The van der Waals surface area contributed by atoms with E-state index in [-0.39, 0.29) is 17.6 Å².